The first-order chi connectivity index (χ1) is 12.7. The average Bonchev–Trinajstić information content (AvgIpc) is 2.87. The lowest BCUT2D eigenvalue weighted by Gasteiger charge is -2.36. The van der Waals surface area contributed by atoms with E-state index in [-0.39, 0.29) is 0 Å². The summed E-state index contributed by atoms with van der Waals surface area (Å²) in [4.78, 5) is 17.5. The molecule has 2 aromatic rings. The molecule has 138 valence electrons. The fourth-order valence-corrected chi connectivity index (χ4v) is 4.40. The Hall–Kier alpha value is -2.14. The molecule has 3 aliphatic rings. The van der Waals surface area contributed by atoms with Crippen LogP contribution in [0.3, 0.4) is 0 Å². The van der Waals surface area contributed by atoms with Crippen LogP contribution in [-0.2, 0) is 24.8 Å². The van der Waals surface area contributed by atoms with Gasteiger partial charge in [-0.25, -0.2) is 0 Å². The smallest absolute Gasteiger partial charge is 0.222 e. The first-order valence-electron chi connectivity index (χ1n) is 9.70. The second-order valence-corrected chi connectivity index (χ2v) is 7.83. The minimum absolute atomic E-state index is 0.298. The average molecular weight is 352 g/mol. The van der Waals surface area contributed by atoms with Gasteiger partial charge in [0.2, 0.25) is 5.91 Å². The van der Waals surface area contributed by atoms with E-state index in [1.807, 2.05) is 19.4 Å². The molecule has 3 saturated heterocycles. The SMILES string of the molecule is Cn1cc(CCC(=O)N2C[C@H]3CC[C@@H](C2)N(Cc2ccccc2)C3)cn1. The summed E-state index contributed by atoms with van der Waals surface area (Å²) in [5, 5.41) is 4.19. The van der Waals surface area contributed by atoms with E-state index < -0.39 is 0 Å². The quantitative estimate of drug-likeness (QED) is 0.830. The molecule has 1 amide bonds. The maximum atomic E-state index is 12.8. The normalized spacial score (nSPS) is 23.2. The highest BCUT2D eigenvalue weighted by Gasteiger charge is 2.36. The Balaban J connectivity index is 1.37. The van der Waals surface area contributed by atoms with E-state index in [9.17, 15) is 4.79 Å². The van der Waals surface area contributed by atoms with Crippen LogP contribution in [0.5, 0.6) is 0 Å². The monoisotopic (exact) mass is 352 g/mol. The van der Waals surface area contributed by atoms with Crippen LogP contribution in [0.4, 0.5) is 0 Å². The van der Waals surface area contributed by atoms with E-state index in [0.717, 1.165) is 38.2 Å². The van der Waals surface area contributed by atoms with E-state index in [1.54, 1.807) is 4.68 Å². The van der Waals surface area contributed by atoms with Gasteiger partial charge < -0.3 is 4.90 Å². The van der Waals surface area contributed by atoms with Gasteiger partial charge >= 0.3 is 0 Å². The minimum Gasteiger partial charge on any atom is -0.341 e. The zero-order valence-corrected chi connectivity index (χ0v) is 15.6. The Morgan fingerprint density at radius 2 is 1.96 bits per heavy atom. The lowest BCUT2D eigenvalue weighted by molar-refractivity contribution is -0.131. The number of benzene rings is 1. The summed E-state index contributed by atoms with van der Waals surface area (Å²) in [5.41, 5.74) is 2.51. The molecule has 0 unspecified atom stereocenters. The van der Waals surface area contributed by atoms with Gasteiger partial charge in [-0.15, -0.1) is 0 Å². The van der Waals surface area contributed by atoms with Crippen molar-refractivity contribution in [3.8, 4) is 0 Å². The summed E-state index contributed by atoms with van der Waals surface area (Å²) >= 11 is 0. The molecule has 0 N–H and O–H groups in total. The van der Waals surface area contributed by atoms with Gasteiger partial charge in [-0.05, 0) is 36.3 Å². The number of nitrogens with zero attached hydrogens (tertiary/aromatic N) is 4. The molecule has 0 aliphatic carbocycles. The van der Waals surface area contributed by atoms with Gasteiger partial charge in [0, 0.05) is 51.9 Å². The van der Waals surface area contributed by atoms with Crippen molar-refractivity contribution < 1.29 is 4.79 Å². The topological polar surface area (TPSA) is 41.4 Å². The van der Waals surface area contributed by atoms with Gasteiger partial charge in [-0.3, -0.25) is 14.4 Å². The molecule has 1 aromatic heterocycles. The van der Waals surface area contributed by atoms with Crippen LogP contribution in [0.2, 0.25) is 0 Å². The molecular formula is C21H28N4O. The number of hydrogen-bond acceptors (Lipinski definition) is 3. The molecular weight excluding hydrogens is 324 g/mol. The van der Waals surface area contributed by atoms with Crippen LogP contribution in [0.1, 0.15) is 30.4 Å². The molecule has 0 spiro atoms. The number of aromatic nitrogens is 2. The number of hydrogen-bond donors (Lipinski definition) is 0. The van der Waals surface area contributed by atoms with Crippen molar-refractivity contribution in [1.82, 2.24) is 19.6 Å². The zero-order valence-electron chi connectivity index (χ0n) is 15.6. The molecule has 4 heterocycles. The Morgan fingerprint density at radius 1 is 1.12 bits per heavy atom. The van der Waals surface area contributed by atoms with Crippen molar-refractivity contribution in [1.29, 1.82) is 0 Å². The maximum absolute atomic E-state index is 12.8. The third kappa shape index (κ3) is 3.98. The Bertz CT molecular complexity index is 741. The number of piperidine rings is 1. The van der Waals surface area contributed by atoms with Gasteiger partial charge in [0.15, 0.2) is 0 Å². The highest BCUT2D eigenvalue weighted by Crippen LogP contribution is 2.29. The van der Waals surface area contributed by atoms with Crippen molar-refractivity contribution in [2.45, 2.75) is 38.3 Å². The highest BCUT2D eigenvalue weighted by molar-refractivity contribution is 5.76. The summed E-state index contributed by atoms with van der Waals surface area (Å²) in [6.07, 6.45) is 7.70. The lowest BCUT2D eigenvalue weighted by Crippen LogP contribution is -2.43. The predicted molar refractivity (Wildman–Crippen MR) is 101 cm³/mol. The van der Waals surface area contributed by atoms with Gasteiger partial charge in [0.25, 0.3) is 0 Å². The number of aryl methyl sites for hydroxylation is 2. The summed E-state index contributed by atoms with van der Waals surface area (Å²) in [7, 11) is 1.92. The first kappa shape index (κ1) is 17.3. The van der Waals surface area contributed by atoms with Crippen LogP contribution in [-0.4, -0.2) is 51.2 Å². The Morgan fingerprint density at radius 3 is 2.73 bits per heavy atom. The van der Waals surface area contributed by atoms with E-state index in [4.69, 9.17) is 0 Å². The Kier molecular flexibility index (Phi) is 5.07. The summed E-state index contributed by atoms with van der Waals surface area (Å²) in [5.74, 6) is 0.909. The number of carbonyl (C=O) groups excluding carboxylic acids is 1. The lowest BCUT2D eigenvalue weighted by atomic mass is 9.94. The van der Waals surface area contributed by atoms with E-state index >= 15 is 0 Å². The van der Waals surface area contributed by atoms with E-state index in [2.05, 4.69) is 45.2 Å². The number of rotatable bonds is 5. The fraction of sp³-hybridized carbons (Fsp3) is 0.524. The summed E-state index contributed by atoms with van der Waals surface area (Å²) in [6.45, 7) is 3.93. The number of carbonyl (C=O) groups is 1. The first-order valence-corrected chi connectivity index (χ1v) is 9.70. The van der Waals surface area contributed by atoms with Gasteiger partial charge in [0.05, 0.1) is 6.20 Å². The predicted octanol–water partition coefficient (Wildman–Crippen LogP) is 2.48. The van der Waals surface area contributed by atoms with Crippen molar-refractivity contribution >= 4 is 5.91 Å². The molecule has 2 bridgehead atoms. The second kappa shape index (κ2) is 7.62. The largest absolute Gasteiger partial charge is 0.341 e. The second-order valence-electron chi connectivity index (χ2n) is 7.83. The number of amides is 1. The molecule has 2 atom stereocenters. The van der Waals surface area contributed by atoms with Gasteiger partial charge in [0.1, 0.15) is 0 Å². The van der Waals surface area contributed by atoms with Crippen molar-refractivity contribution in [2.24, 2.45) is 13.0 Å². The van der Waals surface area contributed by atoms with Crippen LogP contribution >= 0.6 is 0 Å². The van der Waals surface area contributed by atoms with E-state index in [1.165, 1.54) is 18.4 Å². The van der Waals surface area contributed by atoms with E-state index in [0.29, 0.717) is 24.3 Å². The van der Waals surface area contributed by atoms with Crippen LogP contribution in [0.25, 0.3) is 0 Å². The molecule has 0 radical (unpaired) electrons. The molecule has 3 fully saturated rings. The van der Waals surface area contributed by atoms with Crippen LogP contribution in [0, 0.1) is 5.92 Å². The Labute approximate surface area is 155 Å². The van der Waals surface area contributed by atoms with Crippen LogP contribution in [0.15, 0.2) is 42.7 Å². The molecule has 5 nitrogen and oxygen atoms in total. The van der Waals surface area contributed by atoms with Gasteiger partial charge in [-0.1, -0.05) is 30.3 Å². The zero-order chi connectivity index (χ0) is 17.9. The van der Waals surface area contributed by atoms with Crippen LogP contribution < -0.4 is 0 Å². The van der Waals surface area contributed by atoms with Crippen molar-refractivity contribution in [2.75, 3.05) is 19.6 Å². The number of fused-ring (bicyclic) bond motifs is 4. The molecule has 5 heteroatoms. The van der Waals surface area contributed by atoms with Crippen molar-refractivity contribution in [3.63, 3.8) is 0 Å². The fourth-order valence-electron chi connectivity index (χ4n) is 4.40. The third-order valence-corrected chi connectivity index (χ3v) is 5.79. The molecule has 1 aromatic carbocycles. The standard InChI is InChI=1S/C21H28N4O/c1-23-12-18(11-22-23)8-10-21(26)25-15-19-7-9-20(16-25)24(14-19)13-17-5-3-2-4-6-17/h2-6,11-12,19-20H,7-10,13-16H2,1H3/t19-,20-/m0/s1. The highest BCUT2D eigenvalue weighted by atomic mass is 16.2. The minimum atomic E-state index is 0.298. The van der Waals surface area contributed by atoms with Gasteiger partial charge in [-0.2, -0.15) is 5.10 Å². The molecule has 0 saturated carbocycles. The summed E-state index contributed by atoms with van der Waals surface area (Å²) < 4.78 is 1.80. The van der Waals surface area contributed by atoms with Crippen molar-refractivity contribution in [3.05, 3.63) is 53.9 Å². The summed E-state index contributed by atoms with van der Waals surface area (Å²) in [6, 6.07) is 11.2. The third-order valence-electron chi connectivity index (χ3n) is 5.79. The maximum Gasteiger partial charge on any atom is 0.222 e. The molecule has 26 heavy (non-hydrogen) atoms. The molecule has 3 aliphatic heterocycles. The molecule has 5 rings (SSSR count).